The minimum Gasteiger partial charge on any atom is -0.492 e. The molecule has 0 bridgehead atoms. The topological polar surface area (TPSA) is 35.2 Å². The van der Waals surface area contributed by atoms with E-state index in [2.05, 4.69) is 45.0 Å². The molecular weight excluding hydrogens is 258 g/mol. The Morgan fingerprint density at radius 1 is 0.952 bits per heavy atom. The predicted molar refractivity (Wildman–Crippen MR) is 88.6 cm³/mol. The van der Waals surface area contributed by atoms with E-state index in [-0.39, 0.29) is 6.04 Å². The van der Waals surface area contributed by atoms with Crippen molar-refractivity contribution in [3.8, 4) is 5.75 Å². The van der Waals surface area contributed by atoms with Crippen LogP contribution in [0.2, 0.25) is 0 Å². The average Bonchev–Trinajstić information content (AvgIpc) is 2.46. The highest BCUT2D eigenvalue weighted by Crippen LogP contribution is 2.17. The van der Waals surface area contributed by atoms with Crippen LogP contribution in [0.5, 0.6) is 5.75 Å². The monoisotopic (exact) mass is 283 g/mol. The summed E-state index contributed by atoms with van der Waals surface area (Å²) in [4.78, 5) is 0. The van der Waals surface area contributed by atoms with Crippen LogP contribution < -0.4 is 10.5 Å². The molecular formula is C19H25NO. The van der Waals surface area contributed by atoms with E-state index in [1.807, 2.05) is 24.3 Å². The van der Waals surface area contributed by atoms with Crippen LogP contribution in [0.1, 0.15) is 36.6 Å². The average molecular weight is 283 g/mol. The maximum atomic E-state index is 6.20. The van der Waals surface area contributed by atoms with Gasteiger partial charge in [0.15, 0.2) is 0 Å². The third-order valence-corrected chi connectivity index (χ3v) is 3.50. The second-order valence-electron chi connectivity index (χ2n) is 6.07. The van der Waals surface area contributed by atoms with Crippen molar-refractivity contribution in [3.05, 3.63) is 65.2 Å². The Bertz CT molecular complexity index is 543. The van der Waals surface area contributed by atoms with Gasteiger partial charge in [0.05, 0.1) is 6.04 Å². The first kappa shape index (κ1) is 15.6. The zero-order chi connectivity index (χ0) is 15.2. The van der Waals surface area contributed by atoms with Gasteiger partial charge in [0, 0.05) is 0 Å². The first-order chi connectivity index (χ1) is 10.0. The van der Waals surface area contributed by atoms with E-state index in [1.54, 1.807) is 0 Å². The van der Waals surface area contributed by atoms with Gasteiger partial charge in [-0.15, -0.1) is 0 Å². The van der Waals surface area contributed by atoms with Gasteiger partial charge >= 0.3 is 0 Å². The predicted octanol–water partition coefficient (Wildman–Crippen LogP) is 4.27. The Kier molecular flexibility index (Phi) is 5.40. The number of hydrogen-bond donors (Lipinski definition) is 1. The number of nitrogens with two attached hydrogens (primary N) is 1. The van der Waals surface area contributed by atoms with E-state index in [0.717, 1.165) is 17.7 Å². The minimum atomic E-state index is -0.0978. The molecule has 0 aliphatic carbocycles. The molecule has 0 amide bonds. The standard InChI is InChI=1S/C19H25NO/c1-14(2)12-16-6-8-17(9-7-16)19(20)13-21-18-10-4-15(3)5-11-18/h4-11,14,19H,12-13,20H2,1-3H3. The molecule has 0 spiro atoms. The van der Waals surface area contributed by atoms with Crippen molar-refractivity contribution in [1.82, 2.24) is 0 Å². The maximum Gasteiger partial charge on any atom is 0.119 e. The van der Waals surface area contributed by atoms with Crippen LogP contribution in [0, 0.1) is 12.8 Å². The number of ether oxygens (including phenoxy) is 1. The smallest absolute Gasteiger partial charge is 0.119 e. The molecule has 0 saturated heterocycles. The number of benzene rings is 2. The highest BCUT2D eigenvalue weighted by atomic mass is 16.5. The fourth-order valence-corrected chi connectivity index (χ4v) is 2.29. The van der Waals surface area contributed by atoms with Crippen LogP contribution >= 0.6 is 0 Å². The van der Waals surface area contributed by atoms with Crippen LogP contribution in [0.4, 0.5) is 0 Å². The van der Waals surface area contributed by atoms with Crippen molar-refractivity contribution in [1.29, 1.82) is 0 Å². The molecule has 2 heteroatoms. The molecule has 2 N–H and O–H groups in total. The molecule has 0 heterocycles. The van der Waals surface area contributed by atoms with Crippen molar-refractivity contribution in [3.63, 3.8) is 0 Å². The zero-order valence-corrected chi connectivity index (χ0v) is 13.2. The molecule has 0 aliphatic heterocycles. The summed E-state index contributed by atoms with van der Waals surface area (Å²) in [6, 6.07) is 16.5. The molecule has 0 saturated carbocycles. The Morgan fingerprint density at radius 3 is 2.14 bits per heavy atom. The van der Waals surface area contributed by atoms with E-state index >= 15 is 0 Å². The number of aryl methyl sites for hydroxylation is 1. The van der Waals surface area contributed by atoms with Crippen LogP contribution in [0.25, 0.3) is 0 Å². The number of hydrogen-bond acceptors (Lipinski definition) is 2. The Labute approximate surface area is 127 Å². The molecule has 112 valence electrons. The highest BCUT2D eigenvalue weighted by molar-refractivity contribution is 5.28. The summed E-state index contributed by atoms with van der Waals surface area (Å²) in [5.74, 6) is 1.54. The Morgan fingerprint density at radius 2 is 1.57 bits per heavy atom. The normalized spacial score (nSPS) is 12.4. The molecule has 2 rings (SSSR count). The van der Waals surface area contributed by atoms with Gasteiger partial charge in [-0.2, -0.15) is 0 Å². The van der Waals surface area contributed by atoms with Gasteiger partial charge in [-0.1, -0.05) is 55.8 Å². The summed E-state index contributed by atoms with van der Waals surface area (Å²) in [7, 11) is 0. The molecule has 21 heavy (non-hydrogen) atoms. The third-order valence-electron chi connectivity index (χ3n) is 3.50. The summed E-state index contributed by atoms with van der Waals surface area (Å²) in [5, 5.41) is 0. The molecule has 0 aliphatic rings. The first-order valence-corrected chi connectivity index (χ1v) is 7.58. The summed E-state index contributed by atoms with van der Waals surface area (Å²) in [5.41, 5.74) is 9.91. The summed E-state index contributed by atoms with van der Waals surface area (Å²) in [6.07, 6.45) is 1.11. The fourth-order valence-electron chi connectivity index (χ4n) is 2.29. The lowest BCUT2D eigenvalue weighted by Gasteiger charge is -2.14. The SMILES string of the molecule is Cc1ccc(OCC(N)c2ccc(CC(C)C)cc2)cc1. The van der Waals surface area contributed by atoms with Crippen LogP contribution in [0.15, 0.2) is 48.5 Å². The van der Waals surface area contributed by atoms with Crippen LogP contribution in [0.3, 0.4) is 0 Å². The summed E-state index contributed by atoms with van der Waals surface area (Å²) in [6.45, 7) is 7.02. The third kappa shape index (κ3) is 4.91. The van der Waals surface area contributed by atoms with Gasteiger partial charge in [-0.3, -0.25) is 0 Å². The number of rotatable bonds is 6. The molecule has 2 aromatic carbocycles. The molecule has 0 fully saturated rings. The minimum absolute atomic E-state index is 0.0978. The van der Waals surface area contributed by atoms with E-state index < -0.39 is 0 Å². The largest absolute Gasteiger partial charge is 0.492 e. The van der Waals surface area contributed by atoms with Crippen molar-refractivity contribution in [2.75, 3.05) is 6.61 Å². The Hall–Kier alpha value is -1.80. The van der Waals surface area contributed by atoms with Gasteiger partial charge in [0.1, 0.15) is 12.4 Å². The molecule has 0 aromatic heterocycles. The van der Waals surface area contributed by atoms with Gasteiger partial charge in [0.25, 0.3) is 0 Å². The molecule has 1 atom stereocenters. The van der Waals surface area contributed by atoms with Crippen LogP contribution in [-0.4, -0.2) is 6.61 Å². The summed E-state index contributed by atoms with van der Waals surface area (Å²) >= 11 is 0. The van der Waals surface area contributed by atoms with Crippen molar-refractivity contribution < 1.29 is 4.74 Å². The van der Waals surface area contributed by atoms with Crippen molar-refractivity contribution in [2.24, 2.45) is 11.7 Å². The molecule has 1 unspecified atom stereocenters. The van der Waals surface area contributed by atoms with Gasteiger partial charge in [-0.25, -0.2) is 0 Å². The molecule has 0 radical (unpaired) electrons. The second-order valence-corrected chi connectivity index (χ2v) is 6.07. The highest BCUT2D eigenvalue weighted by Gasteiger charge is 2.07. The zero-order valence-electron chi connectivity index (χ0n) is 13.2. The summed E-state index contributed by atoms with van der Waals surface area (Å²) < 4.78 is 5.75. The lowest BCUT2D eigenvalue weighted by molar-refractivity contribution is 0.290. The quantitative estimate of drug-likeness (QED) is 0.859. The van der Waals surface area contributed by atoms with E-state index in [9.17, 15) is 0 Å². The lowest BCUT2D eigenvalue weighted by Crippen LogP contribution is -2.19. The van der Waals surface area contributed by atoms with E-state index in [1.165, 1.54) is 11.1 Å². The molecule has 2 nitrogen and oxygen atoms in total. The fraction of sp³-hybridized carbons (Fsp3) is 0.368. The first-order valence-electron chi connectivity index (χ1n) is 7.58. The Balaban J connectivity index is 1.90. The van der Waals surface area contributed by atoms with Gasteiger partial charge in [-0.05, 0) is 42.5 Å². The van der Waals surface area contributed by atoms with Gasteiger partial charge in [0.2, 0.25) is 0 Å². The van der Waals surface area contributed by atoms with E-state index in [0.29, 0.717) is 12.5 Å². The second kappa shape index (κ2) is 7.28. The maximum absolute atomic E-state index is 6.20. The molecule has 2 aromatic rings. The van der Waals surface area contributed by atoms with Crippen molar-refractivity contribution >= 4 is 0 Å². The van der Waals surface area contributed by atoms with Crippen LogP contribution in [-0.2, 0) is 6.42 Å². The van der Waals surface area contributed by atoms with Crippen molar-refractivity contribution in [2.45, 2.75) is 33.2 Å². The lowest BCUT2D eigenvalue weighted by atomic mass is 10.00. The van der Waals surface area contributed by atoms with Gasteiger partial charge < -0.3 is 10.5 Å². The van der Waals surface area contributed by atoms with E-state index in [4.69, 9.17) is 10.5 Å².